The molecule has 2 heterocycles. The number of carbonyl (C=O) groups excluding carboxylic acids is 1. The lowest BCUT2D eigenvalue weighted by Gasteiger charge is -2.05. The van der Waals surface area contributed by atoms with E-state index < -0.39 is 5.97 Å². The highest BCUT2D eigenvalue weighted by molar-refractivity contribution is 6.29. The number of carboxylic acid groups (broad SMARTS) is 1. The maximum absolute atomic E-state index is 11.9. The van der Waals surface area contributed by atoms with Gasteiger partial charge in [0.1, 0.15) is 5.15 Å². The molecule has 102 valence electrons. The zero-order valence-corrected chi connectivity index (χ0v) is 11.0. The Labute approximate surface area is 119 Å². The minimum absolute atomic E-state index is 0.157. The first-order valence-electron chi connectivity index (χ1n) is 5.64. The van der Waals surface area contributed by atoms with E-state index in [0.717, 1.165) is 0 Å². The van der Waals surface area contributed by atoms with Gasteiger partial charge in [-0.1, -0.05) is 11.6 Å². The predicted octanol–water partition coefficient (Wildman–Crippen LogP) is 2.01. The van der Waals surface area contributed by atoms with Crippen molar-refractivity contribution >= 4 is 29.2 Å². The average Bonchev–Trinajstić information content (AvgIpc) is 2.41. The van der Waals surface area contributed by atoms with Crippen molar-refractivity contribution in [2.75, 3.05) is 5.32 Å². The Kier molecular flexibility index (Phi) is 4.27. The Morgan fingerprint density at radius 2 is 1.95 bits per heavy atom. The number of anilines is 1. The van der Waals surface area contributed by atoms with Crippen LogP contribution in [0, 0.1) is 0 Å². The summed E-state index contributed by atoms with van der Waals surface area (Å²) in [4.78, 5) is 30.1. The van der Waals surface area contributed by atoms with Gasteiger partial charge in [0, 0.05) is 6.20 Å². The molecule has 0 aliphatic rings. The van der Waals surface area contributed by atoms with Crippen LogP contribution in [0.3, 0.4) is 0 Å². The summed E-state index contributed by atoms with van der Waals surface area (Å²) < 4.78 is 0. The average molecular weight is 292 g/mol. The van der Waals surface area contributed by atoms with Crippen molar-refractivity contribution in [1.29, 1.82) is 0 Å². The lowest BCUT2D eigenvalue weighted by Crippen LogP contribution is -2.12. The van der Waals surface area contributed by atoms with Gasteiger partial charge < -0.3 is 10.4 Å². The molecule has 1 amide bonds. The first-order valence-corrected chi connectivity index (χ1v) is 6.02. The smallest absolute Gasteiger partial charge is 0.309 e. The highest BCUT2D eigenvalue weighted by Gasteiger charge is 2.07. The zero-order chi connectivity index (χ0) is 14.5. The number of pyridine rings is 2. The van der Waals surface area contributed by atoms with E-state index in [-0.39, 0.29) is 12.3 Å². The Morgan fingerprint density at radius 3 is 2.50 bits per heavy atom. The summed E-state index contributed by atoms with van der Waals surface area (Å²) in [6.45, 7) is 0. The molecule has 0 aliphatic heterocycles. The van der Waals surface area contributed by atoms with Crippen LogP contribution in [0.4, 0.5) is 5.69 Å². The molecule has 6 nitrogen and oxygen atoms in total. The van der Waals surface area contributed by atoms with E-state index in [1.165, 1.54) is 18.5 Å². The number of aliphatic carboxylic acids is 1. The summed E-state index contributed by atoms with van der Waals surface area (Å²) >= 11 is 5.63. The van der Waals surface area contributed by atoms with Gasteiger partial charge in [-0.15, -0.1) is 0 Å². The van der Waals surface area contributed by atoms with Crippen LogP contribution < -0.4 is 5.32 Å². The normalized spacial score (nSPS) is 10.1. The first kappa shape index (κ1) is 14.0. The van der Waals surface area contributed by atoms with Crippen LogP contribution in [0.1, 0.15) is 16.1 Å². The molecule has 2 aromatic heterocycles. The van der Waals surface area contributed by atoms with Gasteiger partial charge in [0.05, 0.1) is 29.6 Å². The lowest BCUT2D eigenvalue weighted by molar-refractivity contribution is -0.136. The van der Waals surface area contributed by atoms with E-state index in [0.29, 0.717) is 22.1 Å². The number of carbonyl (C=O) groups is 2. The molecule has 0 fully saturated rings. The number of carboxylic acids is 1. The van der Waals surface area contributed by atoms with Crippen molar-refractivity contribution in [2.45, 2.75) is 6.42 Å². The summed E-state index contributed by atoms with van der Waals surface area (Å²) in [6, 6.07) is 6.21. The third-order valence-corrected chi connectivity index (χ3v) is 2.63. The molecule has 0 aromatic carbocycles. The highest BCUT2D eigenvalue weighted by atomic mass is 35.5. The Bertz CT molecular complexity index is 626. The maximum atomic E-state index is 11.9. The molecule has 2 N–H and O–H groups in total. The van der Waals surface area contributed by atoms with Gasteiger partial charge in [0.2, 0.25) is 0 Å². The van der Waals surface area contributed by atoms with Crippen molar-refractivity contribution in [3.8, 4) is 0 Å². The fraction of sp³-hybridized carbons (Fsp3) is 0.0769. The second-order valence-electron chi connectivity index (χ2n) is 3.93. The van der Waals surface area contributed by atoms with Gasteiger partial charge in [0.25, 0.3) is 5.91 Å². The zero-order valence-electron chi connectivity index (χ0n) is 10.2. The van der Waals surface area contributed by atoms with Crippen molar-refractivity contribution in [3.05, 3.63) is 53.1 Å². The number of rotatable bonds is 4. The van der Waals surface area contributed by atoms with Gasteiger partial charge in [0.15, 0.2) is 0 Å². The van der Waals surface area contributed by atoms with E-state index in [1.54, 1.807) is 18.2 Å². The largest absolute Gasteiger partial charge is 0.481 e. The fourth-order valence-corrected chi connectivity index (χ4v) is 1.58. The summed E-state index contributed by atoms with van der Waals surface area (Å²) in [7, 11) is 0. The molecule has 0 atom stereocenters. The van der Waals surface area contributed by atoms with Gasteiger partial charge >= 0.3 is 5.97 Å². The monoisotopic (exact) mass is 291 g/mol. The number of amides is 1. The summed E-state index contributed by atoms with van der Waals surface area (Å²) in [5.74, 6) is -1.30. The predicted molar refractivity (Wildman–Crippen MR) is 72.8 cm³/mol. The van der Waals surface area contributed by atoms with Crippen LogP contribution in [0.2, 0.25) is 5.15 Å². The maximum Gasteiger partial charge on any atom is 0.309 e. The Balaban J connectivity index is 2.04. The number of nitrogens with one attached hydrogen (secondary N) is 1. The molecule has 2 aromatic rings. The summed E-state index contributed by atoms with van der Waals surface area (Å²) in [5.41, 5.74) is 1.26. The second-order valence-corrected chi connectivity index (χ2v) is 4.32. The number of hydrogen-bond acceptors (Lipinski definition) is 4. The molecule has 0 spiro atoms. The molecule has 0 saturated heterocycles. The van der Waals surface area contributed by atoms with Crippen molar-refractivity contribution in [3.63, 3.8) is 0 Å². The molecule has 0 bridgehead atoms. The van der Waals surface area contributed by atoms with Crippen LogP contribution in [-0.2, 0) is 11.2 Å². The Morgan fingerprint density at radius 1 is 1.15 bits per heavy atom. The molecule has 0 saturated carbocycles. The van der Waals surface area contributed by atoms with Crippen LogP contribution in [0.5, 0.6) is 0 Å². The van der Waals surface area contributed by atoms with Crippen molar-refractivity contribution < 1.29 is 14.7 Å². The minimum atomic E-state index is -0.957. The quantitative estimate of drug-likeness (QED) is 0.841. The topological polar surface area (TPSA) is 92.2 Å². The lowest BCUT2D eigenvalue weighted by atomic mass is 10.2. The Hall–Kier alpha value is -2.47. The van der Waals surface area contributed by atoms with Crippen molar-refractivity contribution in [1.82, 2.24) is 9.97 Å². The van der Waals surface area contributed by atoms with Gasteiger partial charge in [-0.05, 0) is 24.3 Å². The fourth-order valence-electron chi connectivity index (χ4n) is 1.47. The van der Waals surface area contributed by atoms with E-state index in [2.05, 4.69) is 15.3 Å². The minimum Gasteiger partial charge on any atom is -0.481 e. The standard InChI is InChI=1S/C13H10ClN3O3/c14-11-4-1-8(6-16-11)13(20)17-10-3-2-9(15-7-10)5-12(18)19/h1-4,6-7H,5H2,(H,17,20)(H,18,19). The number of halogens is 1. The van der Waals surface area contributed by atoms with Crippen LogP contribution in [-0.4, -0.2) is 27.0 Å². The number of nitrogens with zero attached hydrogens (tertiary/aromatic N) is 2. The molecule has 0 aliphatic carbocycles. The number of hydrogen-bond donors (Lipinski definition) is 2. The molecule has 7 heteroatoms. The van der Waals surface area contributed by atoms with Crippen molar-refractivity contribution in [2.24, 2.45) is 0 Å². The van der Waals surface area contributed by atoms with Gasteiger partial charge in [-0.3, -0.25) is 14.6 Å². The molecular weight excluding hydrogens is 282 g/mol. The highest BCUT2D eigenvalue weighted by Crippen LogP contribution is 2.10. The molecule has 20 heavy (non-hydrogen) atoms. The summed E-state index contributed by atoms with van der Waals surface area (Å²) in [6.07, 6.45) is 2.61. The van der Waals surface area contributed by atoms with Crippen LogP contribution in [0.25, 0.3) is 0 Å². The van der Waals surface area contributed by atoms with E-state index in [4.69, 9.17) is 16.7 Å². The molecule has 2 rings (SSSR count). The molecular formula is C13H10ClN3O3. The molecule has 0 radical (unpaired) electrons. The second kappa shape index (κ2) is 6.12. The third-order valence-electron chi connectivity index (χ3n) is 2.40. The van der Waals surface area contributed by atoms with Crippen LogP contribution in [0.15, 0.2) is 36.7 Å². The SMILES string of the molecule is O=C(O)Cc1ccc(NC(=O)c2ccc(Cl)nc2)cn1. The van der Waals surface area contributed by atoms with Gasteiger partial charge in [-0.2, -0.15) is 0 Å². The first-order chi connectivity index (χ1) is 9.54. The third kappa shape index (κ3) is 3.76. The van der Waals surface area contributed by atoms with Crippen LogP contribution >= 0.6 is 11.6 Å². The molecule has 0 unspecified atom stereocenters. The van der Waals surface area contributed by atoms with E-state index in [1.807, 2.05) is 0 Å². The summed E-state index contributed by atoms with van der Waals surface area (Å²) in [5, 5.41) is 11.6. The van der Waals surface area contributed by atoms with E-state index >= 15 is 0 Å². The number of aromatic nitrogens is 2. The van der Waals surface area contributed by atoms with E-state index in [9.17, 15) is 9.59 Å². The van der Waals surface area contributed by atoms with Gasteiger partial charge in [-0.25, -0.2) is 4.98 Å².